The summed E-state index contributed by atoms with van der Waals surface area (Å²) in [6, 6.07) is 3.18. The molecule has 7 N–H and O–H groups in total. The normalized spacial score (nSPS) is 29.9. The number of aromatic hydroxyl groups is 1. The number of Topliss-reactive ketones (excluding diaryl/α,β-unsaturated/α-hetero) is 2. The number of carbonyl (C=O) groups is 4. The van der Waals surface area contributed by atoms with Gasteiger partial charge in [0.15, 0.2) is 11.4 Å². The second-order valence-electron chi connectivity index (χ2n) is 9.88. The molecule has 1 saturated carbocycles. The summed E-state index contributed by atoms with van der Waals surface area (Å²) < 4.78 is 5.00. The van der Waals surface area contributed by atoms with E-state index in [1.54, 1.807) is 32.9 Å². The number of nitrogens with two attached hydrogens (primary N) is 1. The average molecular weight is 516 g/mol. The molecule has 0 radical (unpaired) electrons. The van der Waals surface area contributed by atoms with Crippen LogP contribution < -0.4 is 5.73 Å². The van der Waals surface area contributed by atoms with E-state index in [2.05, 4.69) is 0 Å². The van der Waals surface area contributed by atoms with Crippen molar-refractivity contribution >= 4 is 29.2 Å². The second kappa shape index (κ2) is 9.00. The Morgan fingerprint density at radius 1 is 1.22 bits per heavy atom. The monoisotopic (exact) mass is 515 g/mol. The van der Waals surface area contributed by atoms with Crippen molar-refractivity contribution in [2.75, 3.05) is 6.61 Å². The Morgan fingerprint density at radius 3 is 2.46 bits per heavy atom. The van der Waals surface area contributed by atoms with E-state index in [1.807, 2.05) is 0 Å². The van der Waals surface area contributed by atoms with Gasteiger partial charge in [-0.25, -0.2) is 0 Å². The summed E-state index contributed by atoms with van der Waals surface area (Å²) in [7, 11) is 0. The quantitative estimate of drug-likeness (QED) is 0.239. The molecule has 11 heteroatoms. The van der Waals surface area contributed by atoms with Crippen molar-refractivity contribution in [1.29, 1.82) is 0 Å². The minimum absolute atomic E-state index is 0.0640. The van der Waals surface area contributed by atoms with Crippen molar-refractivity contribution in [3.63, 3.8) is 0 Å². The predicted molar refractivity (Wildman–Crippen MR) is 127 cm³/mol. The number of carbonyl (C=O) groups excluding carboxylic acids is 4. The highest BCUT2D eigenvalue weighted by molar-refractivity contribution is 6.23. The van der Waals surface area contributed by atoms with Gasteiger partial charge in [0.25, 0.3) is 5.91 Å². The van der Waals surface area contributed by atoms with Gasteiger partial charge in [0.1, 0.15) is 22.8 Å². The molecule has 3 aliphatic rings. The summed E-state index contributed by atoms with van der Waals surface area (Å²) in [5.74, 6) is -10.2. The van der Waals surface area contributed by atoms with Crippen molar-refractivity contribution in [2.24, 2.45) is 23.5 Å². The number of hydrogen-bond acceptors (Lipinski definition) is 10. The first-order chi connectivity index (χ1) is 17.3. The Morgan fingerprint density at radius 2 is 1.86 bits per heavy atom. The molecule has 0 heterocycles. The SMILES string of the molecule is CCOC(=O)C(C)Cc1ccc2c(c1O)C(O)=C1C(=O)[C@]3(O)C(O)=C(C(N)=O)C(=O)C[C@@H]3[C@@H](O)[C@@H]1[C@H]2C. The van der Waals surface area contributed by atoms with Gasteiger partial charge < -0.3 is 36.0 Å². The number of esters is 1. The number of amides is 1. The molecule has 0 saturated heterocycles. The van der Waals surface area contributed by atoms with Crippen molar-refractivity contribution in [3.05, 3.63) is 45.7 Å². The highest BCUT2D eigenvalue weighted by Gasteiger charge is 2.64. The summed E-state index contributed by atoms with van der Waals surface area (Å²) in [5.41, 5.74) is 1.47. The fourth-order valence-corrected chi connectivity index (χ4v) is 5.90. The standard InChI is InChI=1S/C26H29NO10/c1-4-37-25(35)9(2)7-11-5-6-12-10(3)15-18(21(31)16(12)19(11)29)23(33)26(36)13(20(15)30)8-14(28)17(22(26)32)24(27)34/h5-6,9-10,13,15,20,29-32,36H,4,7-8H2,1-3H3,(H2,27,34)/t9?,10-,13+,15+,20+,26+/m0/s1. The molecular weight excluding hydrogens is 486 g/mol. The van der Waals surface area contributed by atoms with Crippen LogP contribution in [0.3, 0.4) is 0 Å². The molecule has 1 aromatic rings. The zero-order valence-electron chi connectivity index (χ0n) is 20.5. The Kier molecular flexibility index (Phi) is 6.41. The van der Waals surface area contributed by atoms with Gasteiger partial charge in [0.2, 0.25) is 5.78 Å². The summed E-state index contributed by atoms with van der Waals surface area (Å²) in [5, 5.41) is 55.6. The number of ether oxygens (including phenoxy) is 1. The van der Waals surface area contributed by atoms with E-state index in [0.717, 1.165) is 0 Å². The molecule has 4 rings (SSSR count). The van der Waals surface area contributed by atoms with Gasteiger partial charge in [-0.05, 0) is 30.4 Å². The van der Waals surface area contributed by atoms with Crippen LogP contribution in [0.1, 0.15) is 49.8 Å². The molecule has 0 bridgehead atoms. The lowest BCUT2D eigenvalue weighted by molar-refractivity contribution is -0.160. The number of ketones is 2. The van der Waals surface area contributed by atoms with Crippen LogP contribution in [0.2, 0.25) is 0 Å². The minimum atomic E-state index is -2.89. The first kappa shape index (κ1) is 26.4. The molecule has 0 aliphatic heterocycles. The first-order valence-electron chi connectivity index (χ1n) is 12.0. The van der Waals surface area contributed by atoms with Gasteiger partial charge in [-0.2, -0.15) is 0 Å². The molecule has 0 spiro atoms. The fraction of sp³-hybridized carbons (Fsp3) is 0.462. The number of phenols is 1. The predicted octanol–water partition coefficient (Wildman–Crippen LogP) is 0.697. The van der Waals surface area contributed by atoms with Crippen LogP contribution >= 0.6 is 0 Å². The number of benzene rings is 1. The van der Waals surface area contributed by atoms with Crippen molar-refractivity contribution in [2.45, 2.75) is 51.2 Å². The van der Waals surface area contributed by atoms with Crippen LogP contribution in [0.4, 0.5) is 0 Å². The molecular formula is C26H29NO10. The fourth-order valence-electron chi connectivity index (χ4n) is 5.90. The molecule has 6 atom stereocenters. The molecule has 3 aliphatic carbocycles. The lowest BCUT2D eigenvalue weighted by atomic mass is 9.55. The summed E-state index contributed by atoms with van der Waals surface area (Å²) >= 11 is 0. The third-order valence-electron chi connectivity index (χ3n) is 7.80. The highest BCUT2D eigenvalue weighted by Crippen LogP contribution is 2.55. The summed E-state index contributed by atoms with van der Waals surface area (Å²) in [6.45, 7) is 5.11. The van der Waals surface area contributed by atoms with Crippen LogP contribution in [0, 0.1) is 17.8 Å². The number of fused-ring (bicyclic) bond motifs is 3. The van der Waals surface area contributed by atoms with E-state index in [9.17, 15) is 44.7 Å². The third kappa shape index (κ3) is 3.64. The Labute approximate surface area is 211 Å². The van der Waals surface area contributed by atoms with Crippen molar-refractivity contribution < 1.29 is 49.4 Å². The highest BCUT2D eigenvalue weighted by atomic mass is 16.5. The maximum absolute atomic E-state index is 13.7. The zero-order chi connectivity index (χ0) is 27.6. The lowest BCUT2D eigenvalue weighted by Crippen LogP contribution is -2.63. The lowest BCUT2D eigenvalue weighted by Gasteiger charge is -2.50. The number of hydrogen-bond donors (Lipinski definition) is 6. The Bertz CT molecular complexity index is 1290. The van der Waals surface area contributed by atoms with E-state index in [4.69, 9.17) is 10.5 Å². The maximum Gasteiger partial charge on any atom is 0.308 e. The number of phenolic OH excluding ortho intramolecular Hbond substituents is 1. The molecule has 37 heavy (non-hydrogen) atoms. The molecule has 11 nitrogen and oxygen atoms in total. The second-order valence-corrected chi connectivity index (χ2v) is 9.88. The van der Waals surface area contributed by atoms with Crippen molar-refractivity contribution in [1.82, 2.24) is 0 Å². The van der Waals surface area contributed by atoms with Crippen LogP contribution in [-0.2, 0) is 30.3 Å². The first-order valence-corrected chi connectivity index (χ1v) is 12.0. The Hall–Kier alpha value is -3.70. The van der Waals surface area contributed by atoms with Gasteiger partial charge in [-0.15, -0.1) is 0 Å². The topological polar surface area (TPSA) is 205 Å². The third-order valence-corrected chi connectivity index (χ3v) is 7.80. The van der Waals surface area contributed by atoms with E-state index < -0.39 is 93.7 Å². The van der Waals surface area contributed by atoms with Gasteiger partial charge in [0.05, 0.1) is 24.2 Å². The number of primary amides is 1. The summed E-state index contributed by atoms with van der Waals surface area (Å²) in [4.78, 5) is 50.0. The maximum atomic E-state index is 13.7. The average Bonchev–Trinajstić information content (AvgIpc) is 2.82. The number of aliphatic hydroxyl groups is 4. The van der Waals surface area contributed by atoms with Crippen LogP contribution in [0.25, 0.3) is 5.76 Å². The largest absolute Gasteiger partial charge is 0.508 e. The molecule has 1 aromatic carbocycles. The minimum Gasteiger partial charge on any atom is -0.508 e. The molecule has 0 aromatic heterocycles. The number of aliphatic hydroxyl groups excluding tert-OH is 3. The van der Waals surface area contributed by atoms with Gasteiger partial charge in [-0.3, -0.25) is 19.2 Å². The zero-order valence-corrected chi connectivity index (χ0v) is 20.5. The van der Waals surface area contributed by atoms with Gasteiger partial charge in [-0.1, -0.05) is 26.0 Å². The molecule has 1 unspecified atom stereocenters. The smallest absolute Gasteiger partial charge is 0.308 e. The van der Waals surface area contributed by atoms with E-state index in [1.165, 1.54) is 0 Å². The van der Waals surface area contributed by atoms with E-state index in [-0.39, 0.29) is 18.6 Å². The molecule has 1 amide bonds. The van der Waals surface area contributed by atoms with Crippen LogP contribution in [0.5, 0.6) is 5.75 Å². The molecule has 1 fully saturated rings. The number of rotatable bonds is 5. The van der Waals surface area contributed by atoms with E-state index in [0.29, 0.717) is 11.1 Å². The van der Waals surface area contributed by atoms with Crippen LogP contribution in [-0.4, -0.2) is 67.3 Å². The Balaban J connectivity index is 1.88. The van der Waals surface area contributed by atoms with Gasteiger partial charge >= 0.3 is 5.97 Å². The van der Waals surface area contributed by atoms with Crippen LogP contribution in [0.15, 0.2) is 29.0 Å². The molecule has 198 valence electrons. The van der Waals surface area contributed by atoms with E-state index >= 15 is 0 Å². The van der Waals surface area contributed by atoms with Crippen molar-refractivity contribution in [3.8, 4) is 5.75 Å². The van der Waals surface area contributed by atoms with Gasteiger partial charge in [0, 0.05) is 23.8 Å². The summed E-state index contributed by atoms with van der Waals surface area (Å²) in [6.07, 6.45) is -2.16.